The van der Waals surface area contributed by atoms with Gasteiger partial charge in [0.2, 0.25) is 0 Å². The van der Waals surface area contributed by atoms with Crippen LogP contribution < -0.4 is 5.32 Å². The number of benzene rings is 2. The molecule has 0 atom stereocenters. The number of nitrogens with one attached hydrogen (secondary N) is 2. The Morgan fingerprint density at radius 3 is 2.60 bits per heavy atom. The molecule has 4 rings (SSSR count). The predicted molar refractivity (Wildman–Crippen MR) is 102 cm³/mol. The molecule has 0 spiro atoms. The second kappa shape index (κ2) is 6.75. The van der Waals surface area contributed by atoms with E-state index in [0.29, 0.717) is 11.3 Å². The fourth-order valence-corrected chi connectivity index (χ4v) is 3.35. The van der Waals surface area contributed by atoms with Gasteiger partial charge in [-0.3, -0.25) is 9.89 Å². The number of nitrogens with zero attached hydrogens (tertiary/aromatic N) is 1. The molecule has 2 N–H and O–H groups in total. The van der Waals surface area contributed by atoms with Gasteiger partial charge in [-0.15, -0.1) is 0 Å². The minimum atomic E-state index is -0.185. The predicted octanol–water partition coefficient (Wildman–Crippen LogP) is 5.06. The first kappa shape index (κ1) is 15.4. The molecule has 0 fully saturated rings. The van der Waals surface area contributed by atoms with E-state index in [1.165, 1.54) is 0 Å². The number of thiophene rings is 1. The Kier molecular flexibility index (Phi) is 4.14. The Balaban J connectivity index is 1.60. The molecular formula is C20H15N3OS. The van der Waals surface area contributed by atoms with Gasteiger partial charge in [0.05, 0.1) is 17.5 Å². The fraction of sp³-hybridized carbons (Fsp3) is 0. The summed E-state index contributed by atoms with van der Waals surface area (Å²) in [5.74, 6) is -0.185. The number of hydrogen-bond acceptors (Lipinski definition) is 3. The van der Waals surface area contributed by atoms with E-state index < -0.39 is 0 Å². The average Bonchev–Trinajstić information content (AvgIpc) is 3.34. The average molecular weight is 345 g/mol. The molecular weight excluding hydrogens is 330 g/mol. The van der Waals surface area contributed by atoms with Gasteiger partial charge in [0.1, 0.15) is 0 Å². The molecule has 4 aromatic rings. The molecule has 0 bridgehead atoms. The maximum absolute atomic E-state index is 12.7. The van der Waals surface area contributed by atoms with Gasteiger partial charge in [-0.05, 0) is 40.1 Å². The summed E-state index contributed by atoms with van der Waals surface area (Å²) in [6.45, 7) is 0. The third kappa shape index (κ3) is 3.22. The Morgan fingerprint density at radius 1 is 0.960 bits per heavy atom. The van der Waals surface area contributed by atoms with Gasteiger partial charge in [0.25, 0.3) is 5.91 Å². The lowest BCUT2D eigenvalue weighted by Gasteiger charge is -2.07. The van der Waals surface area contributed by atoms with Crippen molar-refractivity contribution >= 4 is 22.9 Å². The molecule has 2 aromatic heterocycles. The second-order valence-electron chi connectivity index (χ2n) is 5.57. The summed E-state index contributed by atoms with van der Waals surface area (Å²) < 4.78 is 0. The van der Waals surface area contributed by atoms with Crippen LogP contribution in [0.1, 0.15) is 10.4 Å². The van der Waals surface area contributed by atoms with Crippen LogP contribution in [0.3, 0.4) is 0 Å². The zero-order valence-corrected chi connectivity index (χ0v) is 14.1. The Labute approximate surface area is 149 Å². The lowest BCUT2D eigenvalue weighted by atomic mass is 10.1. The van der Waals surface area contributed by atoms with E-state index in [9.17, 15) is 4.79 Å². The Hall–Kier alpha value is -3.18. The van der Waals surface area contributed by atoms with Crippen LogP contribution in [0.2, 0.25) is 0 Å². The molecule has 0 unspecified atom stereocenters. The van der Waals surface area contributed by atoms with Crippen LogP contribution in [0.25, 0.3) is 22.4 Å². The molecule has 0 saturated heterocycles. The quantitative estimate of drug-likeness (QED) is 0.543. The number of aromatic nitrogens is 2. The number of carbonyl (C=O) groups is 1. The van der Waals surface area contributed by atoms with Crippen LogP contribution in [0.4, 0.5) is 5.69 Å². The SMILES string of the molecule is O=C(Nc1cccc(-c2ccsc2)c1)c1cn[nH]c1-c1ccccc1. The van der Waals surface area contributed by atoms with Crippen LogP contribution in [-0.4, -0.2) is 16.1 Å². The van der Waals surface area contributed by atoms with Crippen LogP contribution >= 0.6 is 11.3 Å². The molecule has 0 aliphatic carbocycles. The number of aromatic amines is 1. The van der Waals surface area contributed by atoms with E-state index in [0.717, 1.165) is 22.4 Å². The van der Waals surface area contributed by atoms with Gasteiger partial charge in [-0.25, -0.2) is 0 Å². The first-order valence-electron chi connectivity index (χ1n) is 7.84. The Bertz CT molecular complexity index is 991. The lowest BCUT2D eigenvalue weighted by Crippen LogP contribution is -2.12. The normalized spacial score (nSPS) is 10.6. The molecule has 25 heavy (non-hydrogen) atoms. The van der Waals surface area contributed by atoms with Gasteiger partial charge >= 0.3 is 0 Å². The van der Waals surface area contributed by atoms with E-state index in [2.05, 4.69) is 27.0 Å². The minimum Gasteiger partial charge on any atom is -0.322 e. The summed E-state index contributed by atoms with van der Waals surface area (Å²) in [5, 5.41) is 14.0. The van der Waals surface area contributed by atoms with E-state index in [1.54, 1.807) is 17.5 Å². The van der Waals surface area contributed by atoms with Gasteiger partial charge < -0.3 is 5.32 Å². The van der Waals surface area contributed by atoms with Crippen molar-refractivity contribution in [2.24, 2.45) is 0 Å². The maximum atomic E-state index is 12.7. The highest BCUT2D eigenvalue weighted by Crippen LogP contribution is 2.26. The smallest absolute Gasteiger partial charge is 0.259 e. The Morgan fingerprint density at radius 2 is 1.80 bits per heavy atom. The lowest BCUT2D eigenvalue weighted by molar-refractivity contribution is 0.102. The van der Waals surface area contributed by atoms with Gasteiger partial charge in [-0.1, -0.05) is 42.5 Å². The molecule has 0 radical (unpaired) electrons. The number of rotatable bonds is 4. The maximum Gasteiger partial charge on any atom is 0.259 e. The molecule has 5 heteroatoms. The number of anilines is 1. The molecule has 122 valence electrons. The number of carbonyl (C=O) groups excluding carboxylic acids is 1. The topological polar surface area (TPSA) is 57.8 Å². The van der Waals surface area contributed by atoms with Crippen LogP contribution in [0.5, 0.6) is 0 Å². The van der Waals surface area contributed by atoms with Crippen molar-refractivity contribution in [2.75, 3.05) is 5.32 Å². The van der Waals surface area contributed by atoms with Gasteiger partial charge in [0, 0.05) is 11.3 Å². The minimum absolute atomic E-state index is 0.185. The molecule has 2 heterocycles. The summed E-state index contributed by atoms with van der Waals surface area (Å²) in [6, 6.07) is 19.6. The first-order valence-corrected chi connectivity index (χ1v) is 8.78. The van der Waals surface area contributed by atoms with Crippen molar-refractivity contribution in [3.05, 3.63) is 83.2 Å². The van der Waals surface area contributed by atoms with Crippen molar-refractivity contribution in [1.82, 2.24) is 10.2 Å². The third-order valence-corrected chi connectivity index (χ3v) is 4.60. The zero-order valence-electron chi connectivity index (χ0n) is 13.3. The number of amides is 1. The first-order chi connectivity index (χ1) is 12.3. The summed E-state index contributed by atoms with van der Waals surface area (Å²) in [4.78, 5) is 12.7. The van der Waals surface area contributed by atoms with Crippen molar-refractivity contribution in [3.8, 4) is 22.4 Å². The molecule has 0 aliphatic heterocycles. The van der Waals surface area contributed by atoms with Gasteiger partial charge in [0.15, 0.2) is 0 Å². The van der Waals surface area contributed by atoms with Crippen molar-refractivity contribution in [1.29, 1.82) is 0 Å². The molecule has 4 nitrogen and oxygen atoms in total. The second-order valence-corrected chi connectivity index (χ2v) is 6.35. The third-order valence-electron chi connectivity index (χ3n) is 3.92. The van der Waals surface area contributed by atoms with Crippen LogP contribution in [0, 0.1) is 0 Å². The zero-order chi connectivity index (χ0) is 17.1. The van der Waals surface area contributed by atoms with E-state index in [-0.39, 0.29) is 5.91 Å². The molecule has 0 saturated carbocycles. The van der Waals surface area contributed by atoms with Crippen molar-refractivity contribution < 1.29 is 4.79 Å². The molecule has 1 amide bonds. The number of H-pyrrole nitrogens is 1. The largest absolute Gasteiger partial charge is 0.322 e. The van der Waals surface area contributed by atoms with Crippen molar-refractivity contribution in [2.45, 2.75) is 0 Å². The number of hydrogen-bond donors (Lipinski definition) is 2. The van der Waals surface area contributed by atoms with Gasteiger partial charge in [-0.2, -0.15) is 16.4 Å². The standard InChI is InChI=1S/C20H15N3OS/c24-20(18-12-21-23-19(18)14-5-2-1-3-6-14)22-17-8-4-7-15(11-17)16-9-10-25-13-16/h1-13H,(H,21,23)(H,22,24). The highest BCUT2D eigenvalue weighted by Gasteiger charge is 2.15. The highest BCUT2D eigenvalue weighted by atomic mass is 32.1. The van der Waals surface area contributed by atoms with Crippen LogP contribution in [-0.2, 0) is 0 Å². The summed E-state index contributed by atoms with van der Waals surface area (Å²) >= 11 is 1.65. The summed E-state index contributed by atoms with van der Waals surface area (Å²) in [6.07, 6.45) is 1.56. The fourth-order valence-electron chi connectivity index (χ4n) is 2.69. The summed E-state index contributed by atoms with van der Waals surface area (Å²) in [7, 11) is 0. The van der Waals surface area contributed by atoms with E-state index in [1.807, 2.05) is 60.0 Å². The highest BCUT2D eigenvalue weighted by molar-refractivity contribution is 7.08. The molecule has 2 aromatic carbocycles. The van der Waals surface area contributed by atoms with Crippen molar-refractivity contribution in [3.63, 3.8) is 0 Å². The monoisotopic (exact) mass is 345 g/mol. The van der Waals surface area contributed by atoms with E-state index in [4.69, 9.17) is 0 Å². The van der Waals surface area contributed by atoms with Crippen LogP contribution in [0.15, 0.2) is 77.6 Å². The molecule has 0 aliphatic rings. The summed E-state index contributed by atoms with van der Waals surface area (Å²) in [5.41, 5.74) is 5.15. The van der Waals surface area contributed by atoms with E-state index >= 15 is 0 Å².